The normalized spacial score (nSPS) is 26.5. The highest BCUT2D eigenvalue weighted by Crippen LogP contribution is 2.57. The SMILES string of the molecule is C=C[C@@]1(C(=O)O)C[C@]1(NC(=O)c1cncnc1)C(=O)NC. The first-order chi connectivity index (χ1) is 9.93. The average molecular weight is 290 g/mol. The lowest BCUT2D eigenvalue weighted by molar-refractivity contribution is -0.144. The maximum Gasteiger partial charge on any atom is 0.316 e. The van der Waals surface area contributed by atoms with Crippen LogP contribution < -0.4 is 10.6 Å². The number of amides is 2. The largest absolute Gasteiger partial charge is 0.481 e. The number of hydrogen-bond donors (Lipinski definition) is 3. The van der Waals surface area contributed by atoms with Crippen LogP contribution >= 0.6 is 0 Å². The van der Waals surface area contributed by atoms with Crippen LogP contribution in [0.2, 0.25) is 0 Å². The minimum Gasteiger partial charge on any atom is -0.481 e. The van der Waals surface area contributed by atoms with Gasteiger partial charge in [0.2, 0.25) is 5.91 Å². The van der Waals surface area contributed by atoms with Gasteiger partial charge in [-0.3, -0.25) is 14.4 Å². The summed E-state index contributed by atoms with van der Waals surface area (Å²) in [6, 6.07) is 0. The van der Waals surface area contributed by atoms with Crippen molar-refractivity contribution in [2.75, 3.05) is 7.05 Å². The Morgan fingerprint density at radius 1 is 1.38 bits per heavy atom. The van der Waals surface area contributed by atoms with Gasteiger partial charge < -0.3 is 15.7 Å². The van der Waals surface area contributed by atoms with E-state index in [2.05, 4.69) is 27.2 Å². The molecule has 0 radical (unpaired) electrons. The number of nitrogens with zero attached hydrogens (tertiary/aromatic N) is 2. The first kappa shape index (κ1) is 14.6. The third-order valence-corrected chi connectivity index (χ3v) is 3.68. The van der Waals surface area contributed by atoms with E-state index in [1.165, 1.54) is 31.8 Å². The fourth-order valence-corrected chi connectivity index (χ4v) is 2.36. The zero-order chi connectivity index (χ0) is 15.7. The van der Waals surface area contributed by atoms with Crippen LogP contribution in [-0.4, -0.2) is 45.4 Å². The Hall–Kier alpha value is -2.77. The molecule has 1 heterocycles. The summed E-state index contributed by atoms with van der Waals surface area (Å²) in [6.07, 6.45) is 4.93. The Bertz CT molecular complexity index is 618. The van der Waals surface area contributed by atoms with Crippen molar-refractivity contribution >= 4 is 17.8 Å². The Morgan fingerprint density at radius 2 is 2.00 bits per heavy atom. The molecule has 2 atom stereocenters. The van der Waals surface area contributed by atoms with Gasteiger partial charge in [0.25, 0.3) is 5.91 Å². The van der Waals surface area contributed by atoms with Crippen molar-refractivity contribution in [2.45, 2.75) is 12.0 Å². The highest BCUT2D eigenvalue weighted by molar-refractivity contribution is 6.06. The van der Waals surface area contributed by atoms with Crippen LogP contribution in [0.4, 0.5) is 0 Å². The number of rotatable bonds is 5. The Morgan fingerprint density at radius 3 is 2.43 bits per heavy atom. The maximum absolute atomic E-state index is 12.1. The van der Waals surface area contributed by atoms with E-state index in [-0.39, 0.29) is 12.0 Å². The van der Waals surface area contributed by atoms with Crippen LogP contribution in [0.5, 0.6) is 0 Å². The third kappa shape index (κ3) is 2.04. The Labute approximate surface area is 120 Å². The predicted octanol–water partition coefficient (Wildman–Crippen LogP) is -0.648. The number of carboxylic acid groups (broad SMARTS) is 1. The number of nitrogens with one attached hydrogen (secondary N) is 2. The molecule has 1 fully saturated rings. The second kappa shape index (κ2) is 4.97. The fourth-order valence-electron chi connectivity index (χ4n) is 2.36. The monoisotopic (exact) mass is 290 g/mol. The van der Waals surface area contributed by atoms with Gasteiger partial charge in [-0.15, -0.1) is 6.58 Å². The van der Waals surface area contributed by atoms with Crippen molar-refractivity contribution in [3.63, 3.8) is 0 Å². The standard InChI is InChI=1S/C13H14N4O4/c1-3-12(11(20)21)6-13(12,10(19)14-2)17-9(18)8-4-15-7-16-5-8/h3-5,7H,1,6H2,2H3,(H,14,19)(H,17,18)(H,20,21)/t12-,13-/m0/s1. The molecule has 1 aromatic rings. The number of carbonyl (C=O) groups excluding carboxylic acids is 2. The van der Waals surface area contributed by atoms with E-state index in [4.69, 9.17) is 0 Å². The van der Waals surface area contributed by atoms with Crippen molar-refractivity contribution in [3.8, 4) is 0 Å². The zero-order valence-electron chi connectivity index (χ0n) is 11.3. The third-order valence-electron chi connectivity index (χ3n) is 3.68. The van der Waals surface area contributed by atoms with E-state index < -0.39 is 28.7 Å². The molecule has 110 valence electrons. The van der Waals surface area contributed by atoms with Crippen LogP contribution in [0.15, 0.2) is 31.4 Å². The van der Waals surface area contributed by atoms with E-state index in [0.29, 0.717) is 0 Å². The molecule has 0 aromatic carbocycles. The number of likely N-dealkylation sites (N-methyl/N-ethyl adjacent to an activating group) is 1. The van der Waals surface area contributed by atoms with Crippen LogP contribution in [0.25, 0.3) is 0 Å². The molecule has 2 rings (SSSR count). The van der Waals surface area contributed by atoms with Gasteiger partial charge >= 0.3 is 5.97 Å². The average Bonchev–Trinajstić information content (AvgIpc) is 3.17. The smallest absolute Gasteiger partial charge is 0.316 e. The molecule has 21 heavy (non-hydrogen) atoms. The lowest BCUT2D eigenvalue weighted by Gasteiger charge is -2.20. The van der Waals surface area contributed by atoms with Gasteiger partial charge in [-0.2, -0.15) is 0 Å². The first-order valence-corrected chi connectivity index (χ1v) is 6.10. The summed E-state index contributed by atoms with van der Waals surface area (Å²) in [5.41, 5.74) is -2.93. The summed E-state index contributed by atoms with van der Waals surface area (Å²) in [6.45, 7) is 3.47. The van der Waals surface area contributed by atoms with E-state index in [0.717, 1.165) is 0 Å². The minimum atomic E-state index is -1.55. The molecule has 2 amide bonds. The Balaban J connectivity index is 2.33. The zero-order valence-corrected chi connectivity index (χ0v) is 11.3. The van der Waals surface area contributed by atoms with Crippen LogP contribution in [-0.2, 0) is 9.59 Å². The van der Waals surface area contributed by atoms with E-state index >= 15 is 0 Å². The molecule has 1 aromatic heterocycles. The lowest BCUT2D eigenvalue weighted by Crippen LogP contribution is -2.53. The summed E-state index contributed by atoms with van der Waals surface area (Å²) in [5, 5.41) is 14.2. The molecule has 0 bridgehead atoms. The van der Waals surface area contributed by atoms with Crippen molar-refractivity contribution in [1.82, 2.24) is 20.6 Å². The summed E-state index contributed by atoms with van der Waals surface area (Å²) in [4.78, 5) is 43.1. The van der Waals surface area contributed by atoms with Crippen LogP contribution in [0.1, 0.15) is 16.8 Å². The van der Waals surface area contributed by atoms with Gasteiger partial charge in [0.1, 0.15) is 17.3 Å². The highest BCUT2D eigenvalue weighted by Gasteiger charge is 2.76. The number of carbonyl (C=O) groups is 3. The van der Waals surface area contributed by atoms with E-state index in [1.807, 2.05) is 0 Å². The summed E-state index contributed by atoms with van der Waals surface area (Å²) in [7, 11) is 1.37. The van der Waals surface area contributed by atoms with Crippen molar-refractivity contribution in [2.24, 2.45) is 5.41 Å². The van der Waals surface area contributed by atoms with E-state index in [1.54, 1.807) is 0 Å². The highest BCUT2D eigenvalue weighted by atomic mass is 16.4. The number of carboxylic acids is 1. The minimum absolute atomic E-state index is 0.0576. The molecule has 8 heteroatoms. The van der Waals surface area contributed by atoms with Gasteiger partial charge in [0.15, 0.2) is 0 Å². The molecule has 0 saturated heterocycles. The van der Waals surface area contributed by atoms with Crippen LogP contribution in [0.3, 0.4) is 0 Å². The Kier molecular flexibility index (Phi) is 3.46. The summed E-state index contributed by atoms with van der Waals surface area (Å²) in [5.74, 6) is -2.43. The lowest BCUT2D eigenvalue weighted by atomic mass is 9.98. The topological polar surface area (TPSA) is 121 Å². The second-order valence-electron chi connectivity index (χ2n) is 4.72. The number of hydrogen-bond acceptors (Lipinski definition) is 5. The molecule has 1 aliphatic carbocycles. The van der Waals surface area contributed by atoms with Crippen LogP contribution in [0, 0.1) is 5.41 Å². The molecule has 0 unspecified atom stereocenters. The quantitative estimate of drug-likeness (QED) is 0.620. The van der Waals surface area contributed by atoms with Gasteiger partial charge in [-0.25, -0.2) is 9.97 Å². The molecule has 1 aliphatic rings. The van der Waals surface area contributed by atoms with Gasteiger partial charge in [0, 0.05) is 25.9 Å². The molecular weight excluding hydrogens is 276 g/mol. The maximum atomic E-state index is 12.1. The van der Waals surface area contributed by atoms with Gasteiger partial charge in [0.05, 0.1) is 5.56 Å². The number of aromatic nitrogens is 2. The number of aliphatic carboxylic acids is 1. The molecular formula is C13H14N4O4. The molecule has 3 N–H and O–H groups in total. The van der Waals surface area contributed by atoms with Crippen molar-refractivity contribution in [1.29, 1.82) is 0 Å². The fraction of sp³-hybridized carbons (Fsp3) is 0.308. The second-order valence-corrected chi connectivity index (χ2v) is 4.72. The molecule has 8 nitrogen and oxygen atoms in total. The van der Waals surface area contributed by atoms with Gasteiger partial charge in [-0.05, 0) is 0 Å². The molecule has 1 saturated carbocycles. The molecule has 0 spiro atoms. The predicted molar refractivity (Wildman–Crippen MR) is 71.2 cm³/mol. The summed E-state index contributed by atoms with van der Waals surface area (Å²) >= 11 is 0. The van der Waals surface area contributed by atoms with Crippen molar-refractivity contribution < 1.29 is 19.5 Å². The molecule has 0 aliphatic heterocycles. The first-order valence-electron chi connectivity index (χ1n) is 6.10. The van der Waals surface area contributed by atoms with Gasteiger partial charge in [-0.1, -0.05) is 6.08 Å². The van der Waals surface area contributed by atoms with E-state index in [9.17, 15) is 19.5 Å². The van der Waals surface area contributed by atoms with Crippen molar-refractivity contribution in [3.05, 3.63) is 36.9 Å². The summed E-state index contributed by atoms with van der Waals surface area (Å²) < 4.78 is 0.